The van der Waals surface area contributed by atoms with Gasteiger partial charge < -0.3 is 14.5 Å². The minimum atomic E-state index is -0.438. The van der Waals surface area contributed by atoms with Crippen LogP contribution in [0.5, 0.6) is 0 Å². The molecular formula is C21H23FN4O2. The van der Waals surface area contributed by atoms with Gasteiger partial charge in [-0.05, 0) is 48.4 Å². The number of aromatic nitrogens is 2. The van der Waals surface area contributed by atoms with Crippen molar-refractivity contribution in [1.29, 1.82) is 0 Å². The number of rotatable bonds is 5. The molecule has 6 nitrogen and oxygen atoms in total. The molecule has 146 valence electrons. The molecule has 0 radical (unpaired) electrons. The lowest BCUT2D eigenvalue weighted by Gasteiger charge is -2.21. The average Bonchev–Trinajstić information content (AvgIpc) is 3.29. The molecule has 1 fully saturated rings. The molecule has 7 heteroatoms. The van der Waals surface area contributed by atoms with Crippen LogP contribution in [0.15, 0.2) is 53.1 Å². The van der Waals surface area contributed by atoms with Crippen LogP contribution in [0.4, 0.5) is 10.1 Å². The second-order valence-corrected chi connectivity index (χ2v) is 7.36. The lowest BCUT2D eigenvalue weighted by atomic mass is 10.1. The van der Waals surface area contributed by atoms with Crippen molar-refractivity contribution < 1.29 is 14.0 Å². The number of hydrogen-bond acceptors (Lipinski definition) is 6. The molecule has 4 rings (SSSR count). The Bertz CT molecular complexity index is 924. The van der Waals surface area contributed by atoms with Crippen molar-refractivity contribution >= 4 is 5.69 Å². The van der Waals surface area contributed by atoms with Crippen LogP contribution in [0.3, 0.4) is 0 Å². The molecule has 1 N–H and O–H groups in total. The molecule has 2 aromatic carbocycles. The summed E-state index contributed by atoms with van der Waals surface area (Å²) in [5, 5.41) is 14.2. The zero-order chi connectivity index (χ0) is 19.7. The first-order chi connectivity index (χ1) is 13.5. The Labute approximate surface area is 163 Å². The third kappa shape index (κ3) is 3.90. The molecule has 2 atom stereocenters. The predicted octanol–water partition coefficient (Wildman–Crippen LogP) is 3.25. The van der Waals surface area contributed by atoms with E-state index >= 15 is 0 Å². The highest BCUT2D eigenvalue weighted by Gasteiger charge is 2.35. The summed E-state index contributed by atoms with van der Waals surface area (Å²) in [5.74, 6) is 0.588. The largest absolute Gasteiger partial charge is 0.392 e. The molecule has 0 spiro atoms. The molecule has 1 aliphatic rings. The van der Waals surface area contributed by atoms with Crippen LogP contribution in [0.2, 0.25) is 0 Å². The van der Waals surface area contributed by atoms with Crippen LogP contribution in [-0.2, 0) is 6.54 Å². The molecule has 0 bridgehead atoms. The van der Waals surface area contributed by atoms with Gasteiger partial charge in [0.1, 0.15) is 5.82 Å². The first kappa shape index (κ1) is 18.6. The van der Waals surface area contributed by atoms with Gasteiger partial charge in [0.25, 0.3) is 0 Å². The molecule has 1 saturated heterocycles. The summed E-state index contributed by atoms with van der Waals surface area (Å²) in [6.45, 7) is 1.23. The van der Waals surface area contributed by atoms with E-state index in [2.05, 4.69) is 44.2 Å². The summed E-state index contributed by atoms with van der Waals surface area (Å²) in [6, 6.07) is 14.2. The summed E-state index contributed by atoms with van der Waals surface area (Å²) < 4.78 is 18.6. The Morgan fingerprint density at radius 2 is 1.86 bits per heavy atom. The van der Waals surface area contributed by atoms with Crippen molar-refractivity contribution in [3.63, 3.8) is 0 Å². The van der Waals surface area contributed by atoms with Gasteiger partial charge in [-0.15, -0.1) is 0 Å². The zero-order valence-corrected chi connectivity index (χ0v) is 15.9. The van der Waals surface area contributed by atoms with Crippen LogP contribution in [0, 0.1) is 5.82 Å². The summed E-state index contributed by atoms with van der Waals surface area (Å²) in [5.41, 5.74) is 2.99. The molecule has 2 heterocycles. The van der Waals surface area contributed by atoms with Crippen molar-refractivity contribution in [2.24, 2.45) is 0 Å². The third-order valence-corrected chi connectivity index (χ3v) is 5.05. The van der Waals surface area contributed by atoms with Crippen LogP contribution in [-0.4, -0.2) is 46.9 Å². The molecule has 0 unspecified atom stereocenters. The fourth-order valence-corrected chi connectivity index (χ4v) is 3.53. The maximum atomic E-state index is 13.1. The smallest absolute Gasteiger partial charge is 0.244 e. The van der Waals surface area contributed by atoms with Crippen molar-refractivity contribution in [3.8, 4) is 11.4 Å². The van der Waals surface area contributed by atoms with Crippen LogP contribution in [0.25, 0.3) is 11.4 Å². The normalized spacial score (nSPS) is 19.9. The number of anilines is 1. The predicted molar refractivity (Wildman–Crippen MR) is 104 cm³/mol. The van der Waals surface area contributed by atoms with Gasteiger partial charge in [-0.25, -0.2) is 4.39 Å². The number of likely N-dealkylation sites (tertiary alicyclic amines) is 1. The lowest BCUT2D eigenvalue weighted by Crippen LogP contribution is -2.24. The molecule has 1 aromatic heterocycles. The monoisotopic (exact) mass is 382 g/mol. The van der Waals surface area contributed by atoms with Gasteiger partial charge >= 0.3 is 0 Å². The number of β-amino-alcohol motifs (C(OH)–C–C–N with tert-alkyl or cyclic N) is 1. The van der Waals surface area contributed by atoms with E-state index in [1.54, 1.807) is 12.1 Å². The Kier molecular flexibility index (Phi) is 5.11. The number of nitrogens with zero attached hydrogens (tertiary/aromatic N) is 4. The second-order valence-electron chi connectivity index (χ2n) is 7.36. The van der Waals surface area contributed by atoms with Crippen molar-refractivity contribution in [1.82, 2.24) is 15.0 Å². The van der Waals surface area contributed by atoms with E-state index in [1.165, 1.54) is 12.1 Å². The fourth-order valence-electron chi connectivity index (χ4n) is 3.53. The Balaban J connectivity index is 1.52. The third-order valence-electron chi connectivity index (χ3n) is 5.05. The van der Waals surface area contributed by atoms with Crippen molar-refractivity contribution in [2.75, 3.05) is 25.5 Å². The molecule has 0 aliphatic carbocycles. The van der Waals surface area contributed by atoms with Crippen molar-refractivity contribution in [2.45, 2.75) is 25.1 Å². The lowest BCUT2D eigenvalue weighted by molar-refractivity contribution is 0.169. The van der Waals surface area contributed by atoms with E-state index < -0.39 is 6.10 Å². The van der Waals surface area contributed by atoms with Gasteiger partial charge in [0.2, 0.25) is 11.7 Å². The standard InChI is InChI=1S/C21H23FN4O2/c1-25(2)17-9-3-14(4-10-17)12-26-13-18(27)11-19(26)21-23-20(24-28-21)15-5-7-16(22)8-6-15/h3-10,18-19,27H,11-13H2,1-2H3/t18-,19+/m1/s1. The SMILES string of the molecule is CN(C)c1ccc(CN2C[C@H](O)C[C@H]2c2nc(-c3ccc(F)cc3)no2)cc1. The molecule has 0 amide bonds. The zero-order valence-electron chi connectivity index (χ0n) is 15.9. The van der Waals surface area contributed by atoms with Crippen LogP contribution >= 0.6 is 0 Å². The Hall–Kier alpha value is -2.77. The van der Waals surface area contributed by atoms with E-state index in [9.17, 15) is 9.50 Å². The minimum absolute atomic E-state index is 0.148. The first-order valence-corrected chi connectivity index (χ1v) is 9.27. The minimum Gasteiger partial charge on any atom is -0.392 e. The maximum Gasteiger partial charge on any atom is 0.244 e. The number of hydrogen-bond donors (Lipinski definition) is 1. The Morgan fingerprint density at radius 1 is 1.14 bits per heavy atom. The highest BCUT2D eigenvalue weighted by atomic mass is 19.1. The fraction of sp³-hybridized carbons (Fsp3) is 0.333. The molecule has 28 heavy (non-hydrogen) atoms. The number of halogens is 1. The van der Waals surface area contributed by atoms with Gasteiger partial charge in [0, 0.05) is 38.4 Å². The highest BCUT2D eigenvalue weighted by molar-refractivity contribution is 5.53. The quantitative estimate of drug-likeness (QED) is 0.731. The van der Waals surface area contributed by atoms with Crippen LogP contribution < -0.4 is 4.90 Å². The maximum absolute atomic E-state index is 13.1. The number of aliphatic hydroxyl groups is 1. The van der Waals surface area contributed by atoms with E-state index in [4.69, 9.17) is 4.52 Å². The van der Waals surface area contributed by atoms with Gasteiger partial charge in [0.05, 0.1) is 12.1 Å². The average molecular weight is 382 g/mol. The van der Waals surface area contributed by atoms with Gasteiger partial charge in [0.15, 0.2) is 0 Å². The highest BCUT2D eigenvalue weighted by Crippen LogP contribution is 2.33. The summed E-state index contributed by atoms with van der Waals surface area (Å²) >= 11 is 0. The van der Waals surface area contributed by atoms with Crippen molar-refractivity contribution in [3.05, 3.63) is 65.8 Å². The number of aliphatic hydroxyl groups excluding tert-OH is 1. The topological polar surface area (TPSA) is 65.6 Å². The molecule has 0 saturated carbocycles. The summed E-state index contributed by atoms with van der Waals surface area (Å²) in [4.78, 5) is 8.70. The van der Waals surface area contributed by atoms with E-state index in [-0.39, 0.29) is 11.9 Å². The van der Waals surface area contributed by atoms with E-state index in [0.717, 1.165) is 11.3 Å². The van der Waals surface area contributed by atoms with Gasteiger partial charge in [-0.3, -0.25) is 4.90 Å². The van der Waals surface area contributed by atoms with E-state index in [1.807, 2.05) is 14.1 Å². The number of benzene rings is 2. The molecular weight excluding hydrogens is 359 g/mol. The first-order valence-electron chi connectivity index (χ1n) is 9.27. The molecule has 1 aliphatic heterocycles. The van der Waals surface area contributed by atoms with E-state index in [0.29, 0.717) is 36.8 Å². The Morgan fingerprint density at radius 3 is 2.54 bits per heavy atom. The van der Waals surface area contributed by atoms with Gasteiger partial charge in [-0.2, -0.15) is 4.98 Å². The molecule has 3 aromatic rings. The van der Waals surface area contributed by atoms with Gasteiger partial charge in [-0.1, -0.05) is 17.3 Å². The summed E-state index contributed by atoms with van der Waals surface area (Å²) in [6.07, 6.45) is 0.105. The second kappa shape index (κ2) is 7.69. The van der Waals surface area contributed by atoms with Crippen LogP contribution in [0.1, 0.15) is 23.9 Å². The summed E-state index contributed by atoms with van der Waals surface area (Å²) in [7, 11) is 4.02.